The van der Waals surface area contributed by atoms with Crippen LogP contribution in [-0.4, -0.2) is 21.2 Å². The Morgan fingerprint density at radius 1 is 1.40 bits per heavy atom. The molecule has 0 saturated carbocycles. The number of rotatable bonds is 5. The fraction of sp³-hybridized carbons (Fsp3) is 0.250. The van der Waals surface area contributed by atoms with E-state index in [1.54, 1.807) is 6.20 Å². The summed E-state index contributed by atoms with van der Waals surface area (Å²) in [6, 6.07) is 4.35. The molecule has 0 aliphatic rings. The van der Waals surface area contributed by atoms with E-state index in [2.05, 4.69) is 10.4 Å². The maximum absolute atomic E-state index is 10.7. The largest absolute Gasteiger partial charge is 0.311 e. The van der Waals surface area contributed by atoms with Crippen LogP contribution in [0.2, 0.25) is 10.0 Å². The maximum atomic E-state index is 10.7. The lowest BCUT2D eigenvalue weighted by Crippen LogP contribution is -2.12. The molecule has 0 bridgehead atoms. The van der Waals surface area contributed by atoms with Crippen LogP contribution in [0, 0.1) is 10.1 Å². The lowest BCUT2D eigenvalue weighted by Gasteiger charge is -2.07. The molecule has 0 atom stereocenters. The molecule has 0 fully saturated rings. The van der Waals surface area contributed by atoms with Crippen LogP contribution < -0.4 is 5.32 Å². The number of nitro groups is 1. The van der Waals surface area contributed by atoms with Crippen molar-refractivity contribution in [1.82, 2.24) is 15.1 Å². The van der Waals surface area contributed by atoms with Gasteiger partial charge in [-0.3, -0.25) is 10.1 Å². The minimum atomic E-state index is -0.540. The van der Waals surface area contributed by atoms with Crippen molar-refractivity contribution >= 4 is 28.9 Å². The number of nitrogens with one attached hydrogen (secondary N) is 1. The number of nitrogens with zero attached hydrogens (tertiary/aromatic N) is 3. The minimum Gasteiger partial charge on any atom is -0.311 e. The normalized spacial score (nSPS) is 10.8. The first kappa shape index (κ1) is 14.8. The average Bonchev–Trinajstić information content (AvgIpc) is 2.83. The Morgan fingerprint density at radius 2 is 2.05 bits per heavy atom. The molecule has 2 aromatic rings. The number of non-ortho nitro benzene ring substituents is 1. The van der Waals surface area contributed by atoms with E-state index in [4.69, 9.17) is 23.2 Å². The number of nitro benzene ring substituents is 1. The first-order chi connectivity index (χ1) is 9.52. The van der Waals surface area contributed by atoms with Gasteiger partial charge in [-0.25, -0.2) is 4.68 Å². The molecule has 1 aromatic carbocycles. The number of benzene rings is 1. The fourth-order valence-corrected chi connectivity index (χ4v) is 2.36. The first-order valence-electron chi connectivity index (χ1n) is 5.92. The highest BCUT2D eigenvalue weighted by molar-refractivity contribution is 6.38. The van der Waals surface area contributed by atoms with Crippen molar-refractivity contribution in [3.05, 3.63) is 50.2 Å². The summed E-state index contributed by atoms with van der Waals surface area (Å²) in [5.41, 5.74) is 1.11. The van der Waals surface area contributed by atoms with Crippen molar-refractivity contribution in [2.45, 2.75) is 13.5 Å². The van der Waals surface area contributed by atoms with E-state index in [0.29, 0.717) is 12.2 Å². The highest BCUT2D eigenvalue weighted by Gasteiger charge is 2.16. The first-order valence-corrected chi connectivity index (χ1v) is 6.67. The van der Waals surface area contributed by atoms with Crippen LogP contribution in [0.15, 0.2) is 24.4 Å². The molecule has 1 aromatic heterocycles. The van der Waals surface area contributed by atoms with Gasteiger partial charge in [0.05, 0.1) is 20.7 Å². The third-order valence-electron chi connectivity index (χ3n) is 2.64. The summed E-state index contributed by atoms with van der Waals surface area (Å²) in [5.74, 6) is 0. The van der Waals surface area contributed by atoms with Gasteiger partial charge in [0.15, 0.2) is 0 Å². The molecule has 0 aliphatic carbocycles. The van der Waals surface area contributed by atoms with E-state index in [1.165, 1.54) is 16.8 Å². The zero-order chi connectivity index (χ0) is 14.7. The van der Waals surface area contributed by atoms with Gasteiger partial charge in [0.25, 0.3) is 5.69 Å². The van der Waals surface area contributed by atoms with Crippen LogP contribution >= 0.6 is 23.2 Å². The summed E-state index contributed by atoms with van der Waals surface area (Å²) in [4.78, 5) is 10.2. The molecular weight excluding hydrogens is 303 g/mol. The zero-order valence-corrected chi connectivity index (χ0v) is 12.1. The third kappa shape index (κ3) is 3.09. The second kappa shape index (κ2) is 6.21. The fourth-order valence-electron chi connectivity index (χ4n) is 1.71. The Bertz CT molecular complexity index is 619. The second-order valence-corrected chi connectivity index (χ2v) is 4.86. The number of hydrogen-bond donors (Lipinski definition) is 1. The molecule has 0 unspecified atom stereocenters. The van der Waals surface area contributed by atoms with Crippen molar-refractivity contribution in [2.24, 2.45) is 0 Å². The van der Waals surface area contributed by atoms with Gasteiger partial charge in [0.1, 0.15) is 5.69 Å². The van der Waals surface area contributed by atoms with Crippen molar-refractivity contribution in [1.29, 1.82) is 0 Å². The zero-order valence-electron chi connectivity index (χ0n) is 10.6. The number of aromatic nitrogens is 2. The molecule has 0 amide bonds. The molecule has 2 rings (SSSR count). The van der Waals surface area contributed by atoms with Crippen LogP contribution in [-0.2, 0) is 6.54 Å². The molecule has 0 saturated heterocycles. The van der Waals surface area contributed by atoms with Crippen molar-refractivity contribution in [2.75, 3.05) is 6.54 Å². The smallest absolute Gasteiger partial charge is 0.272 e. The van der Waals surface area contributed by atoms with E-state index in [1.807, 2.05) is 13.0 Å². The van der Waals surface area contributed by atoms with Gasteiger partial charge in [-0.15, -0.1) is 0 Å². The van der Waals surface area contributed by atoms with Crippen LogP contribution in [0.3, 0.4) is 0 Å². The summed E-state index contributed by atoms with van der Waals surface area (Å²) in [7, 11) is 0. The van der Waals surface area contributed by atoms with E-state index in [9.17, 15) is 10.1 Å². The Morgan fingerprint density at radius 3 is 2.60 bits per heavy atom. The van der Waals surface area contributed by atoms with Gasteiger partial charge < -0.3 is 5.32 Å². The monoisotopic (exact) mass is 314 g/mol. The van der Waals surface area contributed by atoms with E-state index in [-0.39, 0.29) is 15.7 Å². The Kier molecular flexibility index (Phi) is 4.59. The van der Waals surface area contributed by atoms with Gasteiger partial charge in [-0.05, 0) is 12.6 Å². The topological polar surface area (TPSA) is 73.0 Å². The summed E-state index contributed by atoms with van der Waals surface area (Å²) in [5, 5.41) is 18.6. The van der Waals surface area contributed by atoms with Gasteiger partial charge in [-0.2, -0.15) is 5.10 Å². The molecule has 6 nitrogen and oxygen atoms in total. The summed E-state index contributed by atoms with van der Waals surface area (Å²) in [6.45, 7) is 3.47. The second-order valence-electron chi connectivity index (χ2n) is 4.05. The predicted molar refractivity (Wildman–Crippen MR) is 77.6 cm³/mol. The summed E-state index contributed by atoms with van der Waals surface area (Å²) >= 11 is 12.1. The van der Waals surface area contributed by atoms with Gasteiger partial charge in [0, 0.05) is 24.9 Å². The lowest BCUT2D eigenvalue weighted by atomic mass is 10.3. The molecule has 1 N–H and O–H groups in total. The van der Waals surface area contributed by atoms with Gasteiger partial charge >= 0.3 is 0 Å². The Hall–Kier alpha value is -1.63. The summed E-state index contributed by atoms with van der Waals surface area (Å²) in [6.07, 6.45) is 1.71. The quantitative estimate of drug-likeness (QED) is 0.679. The summed E-state index contributed by atoms with van der Waals surface area (Å²) < 4.78 is 1.51. The third-order valence-corrected chi connectivity index (χ3v) is 3.22. The van der Waals surface area contributed by atoms with E-state index in [0.717, 1.165) is 12.2 Å². The molecular formula is C12H12Cl2N4O2. The Balaban J connectivity index is 2.37. The van der Waals surface area contributed by atoms with Crippen LogP contribution in [0.5, 0.6) is 0 Å². The van der Waals surface area contributed by atoms with Crippen molar-refractivity contribution < 1.29 is 4.92 Å². The molecule has 106 valence electrons. The van der Waals surface area contributed by atoms with E-state index < -0.39 is 4.92 Å². The molecule has 0 radical (unpaired) electrons. The standard InChI is InChI=1S/C12H12Cl2N4O2/c1-2-15-7-8-3-4-17(16-8)12-10(13)5-9(18(19)20)6-11(12)14/h3-6,15H,2,7H2,1H3. The minimum absolute atomic E-state index is 0.149. The van der Waals surface area contributed by atoms with Crippen LogP contribution in [0.4, 0.5) is 5.69 Å². The number of hydrogen-bond acceptors (Lipinski definition) is 4. The lowest BCUT2D eigenvalue weighted by molar-refractivity contribution is -0.384. The Labute approximate surface area is 125 Å². The SMILES string of the molecule is CCNCc1ccn(-c2c(Cl)cc([N+](=O)[O-])cc2Cl)n1. The highest BCUT2D eigenvalue weighted by atomic mass is 35.5. The van der Waals surface area contributed by atoms with Crippen LogP contribution in [0.25, 0.3) is 5.69 Å². The highest BCUT2D eigenvalue weighted by Crippen LogP contribution is 2.32. The van der Waals surface area contributed by atoms with Gasteiger partial charge in [0.2, 0.25) is 0 Å². The molecule has 8 heteroatoms. The predicted octanol–water partition coefficient (Wildman–Crippen LogP) is 3.20. The molecule has 0 spiro atoms. The maximum Gasteiger partial charge on any atom is 0.272 e. The van der Waals surface area contributed by atoms with Crippen molar-refractivity contribution in [3.63, 3.8) is 0 Å². The van der Waals surface area contributed by atoms with Gasteiger partial charge in [-0.1, -0.05) is 30.1 Å². The molecule has 0 aliphatic heterocycles. The van der Waals surface area contributed by atoms with Crippen LogP contribution in [0.1, 0.15) is 12.6 Å². The van der Waals surface area contributed by atoms with E-state index >= 15 is 0 Å². The average molecular weight is 315 g/mol. The van der Waals surface area contributed by atoms with Crippen molar-refractivity contribution in [3.8, 4) is 5.69 Å². The molecule has 20 heavy (non-hydrogen) atoms. The molecule has 1 heterocycles. The number of halogens is 2.